The Labute approximate surface area is 203 Å². The summed E-state index contributed by atoms with van der Waals surface area (Å²) in [4.78, 5) is 33.3. The second kappa shape index (κ2) is 8.78. The summed E-state index contributed by atoms with van der Waals surface area (Å²) >= 11 is 0. The molecule has 0 aliphatic carbocycles. The molecule has 3 fully saturated rings. The first-order valence-electron chi connectivity index (χ1n) is 12.2. The number of carbonyl (C=O) groups excluding carboxylic acids is 1. The van der Waals surface area contributed by atoms with Gasteiger partial charge in [-0.25, -0.2) is 4.79 Å². The second-order valence-corrected chi connectivity index (χ2v) is 9.60. The van der Waals surface area contributed by atoms with Crippen LogP contribution in [-0.4, -0.2) is 34.9 Å². The van der Waals surface area contributed by atoms with Crippen molar-refractivity contribution in [3.8, 4) is 0 Å². The Balaban J connectivity index is 1.42. The third kappa shape index (κ3) is 3.84. The minimum absolute atomic E-state index is 0.0204. The Bertz CT molecular complexity index is 1490. The topological polar surface area (TPSA) is 75.4 Å². The molecule has 4 aromatic rings. The van der Waals surface area contributed by atoms with Gasteiger partial charge >= 0.3 is 5.63 Å². The number of carbonyl (C=O) groups is 1. The van der Waals surface area contributed by atoms with Gasteiger partial charge in [-0.3, -0.25) is 14.7 Å². The Morgan fingerprint density at radius 3 is 2.83 bits per heavy atom. The maximum atomic E-state index is 13.6. The first-order valence-corrected chi connectivity index (χ1v) is 12.2. The van der Waals surface area contributed by atoms with E-state index in [4.69, 9.17) is 4.42 Å². The summed E-state index contributed by atoms with van der Waals surface area (Å²) in [5.74, 6) is 0.595. The van der Waals surface area contributed by atoms with Crippen LogP contribution in [0.2, 0.25) is 0 Å². The Kier molecular flexibility index (Phi) is 5.46. The molecule has 1 N–H and O–H groups in total. The van der Waals surface area contributed by atoms with E-state index in [1.807, 2.05) is 42.5 Å². The summed E-state index contributed by atoms with van der Waals surface area (Å²) in [5, 5.41) is 4.97. The van der Waals surface area contributed by atoms with Gasteiger partial charge in [0.05, 0.1) is 11.6 Å². The molecule has 6 heteroatoms. The number of aromatic nitrogens is 1. The highest BCUT2D eigenvalue weighted by Gasteiger charge is 2.43. The molecular formula is C29H27N3O3. The zero-order valence-corrected chi connectivity index (χ0v) is 19.4. The van der Waals surface area contributed by atoms with Crippen molar-refractivity contribution in [3.05, 3.63) is 101 Å². The average Bonchev–Trinajstić information content (AvgIpc) is 2.91. The Morgan fingerprint density at radius 2 is 2.00 bits per heavy atom. The summed E-state index contributed by atoms with van der Waals surface area (Å²) in [6, 6.07) is 18.7. The fourth-order valence-electron chi connectivity index (χ4n) is 5.93. The molecular weight excluding hydrogens is 438 g/mol. The van der Waals surface area contributed by atoms with E-state index in [1.54, 1.807) is 24.4 Å². The fourth-order valence-corrected chi connectivity index (χ4v) is 5.93. The Morgan fingerprint density at radius 1 is 1.17 bits per heavy atom. The van der Waals surface area contributed by atoms with Crippen molar-refractivity contribution >= 4 is 27.8 Å². The smallest absolute Gasteiger partial charge is 0.349 e. The summed E-state index contributed by atoms with van der Waals surface area (Å²) in [6.45, 7) is 5.97. The molecule has 0 saturated carbocycles. The highest BCUT2D eigenvalue weighted by atomic mass is 16.4. The van der Waals surface area contributed by atoms with Gasteiger partial charge in [-0.05, 0) is 61.1 Å². The zero-order valence-electron chi connectivity index (χ0n) is 19.4. The van der Waals surface area contributed by atoms with Gasteiger partial charge in [0.15, 0.2) is 0 Å². The van der Waals surface area contributed by atoms with E-state index in [-0.39, 0.29) is 17.6 Å². The minimum atomic E-state index is -0.628. The van der Waals surface area contributed by atoms with Gasteiger partial charge in [-0.15, -0.1) is 6.58 Å². The van der Waals surface area contributed by atoms with E-state index in [9.17, 15) is 9.59 Å². The zero-order chi connectivity index (χ0) is 23.9. The van der Waals surface area contributed by atoms with Crippen LogP contribution in [0, 0.1) is 11.8 Å². The minimum Gasteiger partial charge on any atom is -0.422 e. The third-order valence-corrected chi connectivity index (χ3v) is 7.73. The van der Waals surface area contributed by atoms with E-state index in [0.29, 0.717) is 17.4 Å². The van der Waals surface area contributed by atoms with Gasteiger partial charge < -0.3 is 9.73 Å². The van der Waals surface area contributed by atoms with Crippen LogP contribution in [0.15, 0.2) is 88.7 Å². The summed E-state index contributed by atoms with van der Waals surface area (Å²) in [5.41, 5.74) is 1.76. The number of piperidine rings is 3. The Hall–Kier alpha value is -3.77. The van der Waals surface area contributed by atoms with Gasteiger partial charge in [0.1, 0.15) is 11.1 Å². The van der Waals surface area contributed by atoms with Crippen LogP contribution in [0.5, 0.6) is 0 Å². The molecule has 5 atom stereocenters. The molecule has 2 aromatic carbocycles. The SMILES string of the molecule is C=C[C@H]1CN2CC[C@H]1C[C@@H]2[C@H](NC(=O)c1cc2ccccc2oc1=O)c1ccnc2ccccc12. The summed E-state index contributed by atoms with van der Waals surface area (Å²) in [7, 11) is 0. The lowest BCUT2D eigenvalue weighted by Crippen LogP contribution is -2.57. The highest BCUT2D eigenvalue weighted by molar-refractivity contribution is 5.97. The molecule has 7 rings (SSSR count). The van der Waals surface area contributed by atoms with E-state index in [1.165, 1.54) is 0 Å². The average molecular weight is 466 g/mol. The molecule has 1 amide bonds. The molecule has 6 nitrogen and oxygen atoms in total. The third-order valence-electron chi connectivity index (χ3n) is 7.73. The number of rotatable bonds is 5. The first-order chi connectivity index (χ1) is 17.1. The van der Waals surface area contributed by atoms with Crippen LogP contribution in [0.25, 0.3) is 21.9 Å². The fraction of sp³-hybridized carbons (Fsp3) is 0.276. The van der Waals surface area contributed by atoms with Crippen molar-refractivity contribution in [3.63, 3.8) is 0 Å². The van der Waals surface area contributed by atoms with Gasteiger partial charge in [0, 0.05) is 29.6 Å². The van der Waals surface area contributed by atoms with Crippen molar-refractivity contribution in [2.45, 2.75) is 24.9 Å². The van der Waals surface area contributed by atoms with Crippen LogP contribution < -0.4 is 10.9 Å². The molecule has 3 aliphatic rings. The molecule has 3 aliphatic heterocycles. The molecule has 0 spiro atoms. The van der Waals surface area contributed by atoms with Gasteiger partial charge in [-0.1, -0.05) is 42.5 Å². The van der Waals surface area contributed by atoms with Crippen LogP contribution in [-0.2, 0) is 0 Å². The number of nitrogens with one attached hydrogen (secondary N) is 1. The van der Waals surface area contributed by atoms with E-state index >= 15 is 0 Å². The maximum absolute atomic E-state index is 13.6. The lowest BCUT2D eigenvalue weighted by molar-refractivity contribution is 0.00168. The maximum Gasteiger partial charge on any atom is 0.349 e. The molecule has 35 heavy (non-hydrogen) atoms. The lowest BCUT2D eigenvalue weighted by atomic mass is 9.73. The van der Waals surface area contributed by atoms with Crippen molar-refractivity contribution in [1.29, 1.82) is 0 Å². The lowest BCUT2D eigenvalue weighted by Gasteiger charge is -2.51. The summed E-state index contributed by atoms with van der Waals surface area (Å²) < 4.78 is 5.45. The van der Waals surface area contributed by atoms with Crippen LogP contribution >= 0.6 is 0 Å². The van der Waals surface area contributed by atoms with E-state index < -0.39 is 11.5 Å². The van der Waals surface area contributed by atoms with Crippen molar-refractivity contribution in [2.24, 2.45) is 11.8 Å². The molecule has 0 radical (unpaired) electrons. The molecule has 176 valence electrons. The standard InChI is InChI=1S/C29H27N3O3/c1-2-18-17-32-14-12-19(18)16-25(32)27(22-11-13-30-24-9-5-4-8-21(22)24)31-28(33)23-15-20-7-3-6-10-26(20)35-29(23)34/h2-11,13,15,18-19,25,27H,1,12,14,16-17H2,(H,31,33)/t18-,19-,25+,27+/m0/s1. The van der Waals surface area contributed by atoms with E-state index in [2.05, 4.69) is 27.9 Å². The number of para-hydroxylation sites is 2. The number of fused-ring (bicyclic) bond motifs is 5. The van der Waals surface area contributed by atoms with Crippen molar-refractivity contribution in [1.82, 2.24) is 15.2 Å². The number of hydrogen-bond acceptors (Lipinski definition) is 5. The van der Waals surface area contributed by atoms with E-state index in [0.717, 1.165) is 47.8 Å². The van der Waals surface area contributed by atoms with Gasteiger partial charge in [-0.2, -0.15) is 0 Å². The number of amides is 1. The summed E-state index contributed by atoms with van der Waals surface area (Å²) in [6.07, 6.45) is 5.97. The van der Waals surface area contributed by atoms with Gasteiger partial charge in [0.25, 0.3) is 5.91 Å². The van der Waals surface area contributed by atoms with Crippen molar-refractivity contribution in [2.75, 3.05) is 13.1 Å². The second-order valence-electron chi connectivity index (χ2n) is 9.60. The monoisotopic (exact) mass is 465 g/mol. The van der Waals surface area contributed by atoms with Crippen LogP contribution in [0.3, 0.4) is 0 Å². The highest BCUT2D eigenvalue weighted by Crippen LogP contribution is 2.42. The largest absolute Gasteiger partial charge is 0.422 e. The normalized spacial score (nSPS) is 24.3. The molecule has 2 aromatic heterocycles. The number of nitrogens with zero attached hydrogens (tertiary/aromatic N) is 2. The van der Waals surface area contributed by atoms with Crippen LogP contribution in [0.4, 0.5) is 0 Å². The predicted molar refractivity (Wildman–Crippen MR) is 136 cm³/mol. The molecule has 1 unspecified atom stereocenters. The van der Waals surface area contributed by atoms with Gasteiger partial charge in [0.2, 0.25) is 0 Å². The molecule has 3 saturated heterocycles. The van der Waals surface area contributed by atoms with Crippen LogP contribution in [0.1, 0.15) is 34.8 Å². The quantitative estimate of drug-likeness (QED) is 0.341. The predicted octanol–water partition coefficient (Wildman–Crippen LogP) is 4.71. The first kappa shape index (κ1) is 21.7. The molecule has 5 heterocycles. The number of benzene rings is 2. The number of pyridine rings is 1. The van der Waals surface area contributed by atoms with Crippen molar-refractivity contribution < 1.29 is 9.21 Å². The number of hydrogen-bond donors (Lipinski definition) is 1. The molecule has 2 bridgehead atoms.